The number of carbonyl (C=O) groups is 1. The fraction of sp³-hybridized carbons (Fsp3) is 0.214. The normalized spacial score (nSPS) is 10.3. The van der Waals surface area contributed by atoms with E-state index < -0.39 is 0 Å². The number of esters is 1. The Morgan fingerprint density at radius 2 is 1.83 bits per heavy atom. The van der Waals surface area contributed by atoms with Crippen LogP contribution < -0.4 is 0 Å². The van der Waals surface area contributed by atoms with Crippen molar-refractivity contribution in [3.05, 3.63) is 57.8 Å². The monoisotopic (exact) mass is 324 g/mol. The Bertz CT molecular complexity index is 508. The molecule has 1 aromatic heterocycles. The zero-order valence-corrected chi connectivity index (χ0v) is 12.2. The summed E-state index contributed by atoms with van der Waals surface area (Å²) in [7, 11) is 0. The van der Waals surface area contributed by atoms with Crippen molar-refractivity contribution in [1.82, 2.24) is 0 Å². The van der Waals surface area contributed by atoms with Crippen LogP contribution in [0.5, 0.6) is 0 Å². The quantitative estimate of drug-likeness (QED) is 0.615. The molecule has 0 amide bonds. The highest BCUT2D eigenvalue weighted by atomic mass is 79.9. The third-order valence-electron chi connectivity index (χ3n) is 2.41. The number of rotatable bonds is 5. The summed E-state index contributed by atoms with van der Waals surface area (Å²) in [5, 5.41) is 0.830. The van der Waals surface area contributed by atoms with Crippen LogP contribution in [0, 0.1) is 0 Å². The van der Waals surface area contributed by atoms with E-state index in [1.165, 1.54) is 4.88 Å². The van der Waals surface area contributed by atoms with E-state index in [4.69, 9.17) is 4.74 Å². The number of halogens is 1. The Balaban J connectivity index is 1.82. The third kappa shape index (κ3) is 3.96. The molecule has 0 fully saturated rings. The van der Waals surface area contributed by atoms with E-state index in [-0.39, 0.29) is 5.97 Å². The van der Waals surface area contributed by atoms with Crippen LogP contribution in [0.15, 0.2) is 42.5 Å². The Morgan fingerprint density at radius 1 is 1.11 bits per heavy atom. The number of ether oxygens (including phenoxy) is 1. The summed E-state index contributed by atoms with van der Waals surface area (Å²) in [6, 6.07) is 13.7. The van der Waals surface area contributed by atoms with E-state index in [0.29, 0.717) is 13.0 Å². The van der Waals surface area contributed by atoms with Gasteiger partial charge in [-0.3, -0.25) is 4.79 Å². The van der Waals surface area contributed by atoms with Crippen LogP contribution in [0.3, 0.4) is 0 Å². The first-order valence-electron chi connectivity index (χ1n) is 5.61. The van der Waals surface area contributed by atoms with Crippen molar-refractivity contribution in [3.8, 4) is 0 Å². The van der Waals surface area contributed by atoms with E-state index >= 15 is 0 Å². The van der Waals surface area contributed by atoms with Crippen LogP contribution in [0.25, 0.3) is 0 Å². The van der Waals surface area contributed by atoms with Gasteiger partial charge in [-0.2, -0.15) is 0 Å². The van der Waals surface area contributed by atoms with Gasteiger partial charge in [0.05, 0.1) is 6.42 Å². The first-order chi connectivity index (χ1) is 8.78. The van der Waals surface area contributed by atoms with Crippen molar-refractivity contribution in [2.45, 2.75) is 18.4 Å². The van der Waals surface area contributed by atoms with Crippen molar-refractivity contribution in [2.24, 2.45) is 0 Å². The van der Waals surface area contributed by atoms with Gasteiger partial charge in [0.25, 0.3) is 0 Å². The fourth-order valence-corrected chi connectivity index (χ4v) is 2.90. The molecular weight excluding hydrogens is 312 g/mol. The summed E-state index contributed by atoms with van der Waals surface area (Å²) in [6.07, 6.45) is 0.352. The minimum Gasteiger partial charge on any atom is -0.461 e. The largest absolute Gasteiger partial charge is 0.461 e. The van der Waals surface area contributed by atoms with Crippen LogP contribution in [0.1, 0.15) is 15.3 Å². The molecular formula is C14H13BrO2S. The molecule has 2 nitrogen and oxygen atoms in total. The summed E-state index contributed by atoms with van der Waals surface area (Å²) in [6.45, 7) is 0.344. The second kappa shape index (κ2) is 6.71. The third-order valence-corrected chi connectivity index (χ3v) is 4.47. The number of thiophene rings is 1. The molecule has 0 radical (unpaired) electrons. The number of benzene rings is 1. The molecule has 0 N–H and O–H groups in total. The first-order valence-corrected chi connectivity index (χ1v) is 7.55. The van der Waals surface area contributed by atoms with Gasteiger partial charge in [-0.15, -0.1) is 11.3 Å². The molecule has 0 aliphatic carbocycles. The molecule has 0 saturated heterocycles. The molecule has 0 unspecified atom stereocenters. The van der Waals surface area contributed by atoms with Crippen molar-refractivity contribution in [1.29, 1.82) is 0 Å². The Labute approximate surface area is 119 Å². The van der Waals surface area contributed by atoms with Gasteiger partial charge in [0.15, 0.2) is 0 Å². The lowest BCUT2D eigenvalue weighted by Gasteiger charge is -2.03. The summed E-state index contributed by atoms with van der Waals surface area (Å²) < 4.78 is 5.23. The van der Waals surface area contributed by atoms with Gasteiger partial charge in [-0.1, -0.05) is 46.3 Å². The van der Waals surface area contributed by atoms with Crippen LogP contribution in [0.2, 0.25) is 0 Å². The SMILES string of the molecule is O=C(Cc1ccc(CBr)s1)OCc1ccccc1. The molecule has 2 rings (SSSR count). The van der Waals surface area contributed by atoms with Crippen molar-refractivity contribution < 1.29 is 9.53 Å². The maximum absolute atomic E-state index is 11.7. The maximum Gasteiger partial charge on any atom is 0.311 e. The summed E-state index contributed by atoms with van der Waals surface area (Å²) in [5.41, 5.74) is 1.01. The van der Waals surface area contributed by atoms with Gasteiger partial charge in [-0.05, 0) is 17.7 Å². The van der Waals surface area contributed by atoms with Crippen molar-refractivity contribution >= 4 is 33.2 Å². The lowest BCUT2D eigenvalue weighted by Crippen LogP contribution is -2.06. The highest BCUT2D eigenvalue weighted by molar-refractivity contribution is 9.08. The first kappa shape index (κ1) is 13.3. The molecule has 2 aromatic rings. The highest BCUT2D eigenvalue weighted by Crippen LogP contribution is 2.19. The second-order valence-electron chi connectivity index (χ2n) is 3.82. The molecule has 0 aliphatic heterocycles. The standard InChI is InChI=1S/C14H13BrO2S/c15-9-13-7-6-12(18-13)8-14(16)17-10-11-4-2-1-3-5-11/h1-7H,8-10H2. The molecule has 4 heteroatoms. The van der Waals surface area contributed by atoms with Crippen molar-refractivity contribution in [3.63, 3.8) is 0 Å². The highest BCUT2D eigenvalue weighted by Gasteiger charge is 2.07. The maximum atomic E-state index is 11.7. The predicted octanol–water partition coefficient (Wildman–Crippen LogP) is 3.93. The fourth-order valence-electron chi connectivity index (χ4n) is 1.52. The van der Waals surface area contributed by atoms with E-state index in [1.54, 1.807) is 11.3 Å². The van der Waals surface area contributed by atoms with E-state index in [9.17, 15) is 4.79 Å². The predicted molar refractivity (Wildman–Crippen MR) is 76.9 cm³/mol. The van der Waals surface area contributed by atoms with Crippen molar-refractivity contribution in [2.75, 3.05) is 0 Å². The van der Waals surface area contributed by atoms with Crippen LogP contribution in [-0.4, -0.2) is 5.97 Å². The van der Waals surface area contributed by atoms with E-state index in [0.717, 1.165) is 15.8 Å². The van der Waals surface area contributed by atoms with Crippen LogP contribution in [0.4, 0.5) is 0 Å². The van der Waals surface area contributed by atoms with Gasteiger partial charge in [0, 0.05) is 15.1 Å². The summed E-state index contributed by atoms with van der Waals surface area (Å²) in [5.74, 6) is -0.179. The number of carbonyl (C=O) groups excluding carboxylic acids is 1. The minimum atomic E-state index is -0.179. The van der Waals surface area contributed by atoms with E-state index in [1.807, 2.05) is 42.5 Å². The van der Waals surface area contributed by atoms with Gasteiger partial charge < -0.3 is 4.74 Å². The van der Waals surface area contributed by atoms with Crippen LogP contribution >= 0.6 is 27.3 Å². The average Bonchev–Trinajstić information content (AvgIpc) is 2.85. The van der Waals surface area contributed by atoms with Gasteiger partial charge >= 0.3 is 5.97 Å². The molecule has 0 atom stereocenters. The second-order valence-corrected chi connectivity index (χ2v) is 5.64. The number of hydrogen-bond acceptors (Lipinski definition) is 3. The van der Waals surface area contributed by atoms with Gasteiger partial charge in [0.1, 0.15) is 6.61 Å². The summed E-state index contributed by atoms with van der Waals surface area (Å²) >= 11 is 5.03. The minimum absolute atomic E-state index is 0.179. The lowest BCUT2D eigenvalue weighted by atomic mass is 10.2. The molecule has 0 aliphatic rings. The van der Waals surface area contributed by atoms with E-state index in [2.05, 4.69) is 15.9 Å². The van der Waals surface area contributed by atoms with Crippen LogP contribution in [-0.2, 0) is 27.9 Å². The number of hydrogen-bond donors (Lipinski definition) is 0. The smallest absolute Gasteiger partial charge is 0.311 e. The number of alkyl halides is 1. The molecule has 0 saturated carbocycles. The van der Waals surface area contributed by atoms with Gasteiger partial charge in [0.2, 0.25) is 0 Å². The molecule has 1 aromatic carbocycles. The Morgan fingerprint density at radius 3 is 2.50 bits per heavy atom. The molecule has 1 heterocycles. The molecule has 94 valence electrons. The zero-order valence-electron chi connectivity index (χ0n) is 9.77. The topological polar surface area (TPSA) is 26.3 Å². The Hall–Kier alpha value is -1.13. The molecule has 0 bridgehead atoms. The lowest BCUT2D eigenvalue weighted by molar-refractivity contribution is -0.144. The molecule has 0 spiro atoms. The van der Waals surface area contributed by atoms with Gasteiger partial charge in [-0.25, -0.2) is 0 Å². The molecule has 18 heavy (non-hydrogen) atoms. The zero-order chi connectivity index (χ0) is 12.8. The summed E-state index contributed by atoms with van der Waals surface area (Å²) in [4.78, 5) is 13.9. The average molecular weight is 325 g/mol. The Kier molecular flexibility index (Phi) is 4.96.